The van der Waals surface area contributed by atoms with Crippen LogP contribution in [0.2, 0.25) is 0 Å². The van der Waals surface area contributed by atoms with Gasteiger partial charge in [-0.25, -0.2) is 0 Å². The fourth-order valence-electron chi connectivity index (χ4n) is 2.12. The Morgan fingerprint density at radius 2 is 2.41 bits per heavy atom. The van der Waals surface area contributed by atoms with Crippen molar-refractivity contribution in [1.82, 2.24) is 5.32 Å². The molecule has 1 N–H and O–H groups in total. The molecule has 0 aromatic carbocycles. The van der Waals surface area contributed by atoms with Gasteiger partial charge >= 0.3 is 0 Å². The standard InChI is InChI=1S/C13H19NO3/c1-2-5-14-12-9-16-8-11(12)13(15)7-10-4-3-6-17-10/h3-4,6,11-12,14H,2,5,7-9H2,1H3. The molecule has 1 aromatic heterocycles. The van der Waals surface area contributed by atoms with Crippen molar-refractivity contribution in [3.63, 3.8) is 0 Å². The molecule has 1 aromatic rings. The quantitative estimate of drug-likeness (QED) is 0.812. The Hall–Kier alpha value is -1.13. The van der Waals surface area contributed by atoms with E-state index in [-0.39, 0.29) is 17.7 Å². The second-order valence-electron chi connectivity index (χ2n) is 4.43. The van der Waals surface area contributed by atoms with Crippen LogP contribution in [0.25, 0.3) is 0 Å². The summed E-state index contributed by atoms with van der Waals surface area (Å²) in [5.41, 5.74) is 0. The van der Waals surface area contributed by atoms with E-state index in [1.807, 2.05) is 6.07 Å². The number of rotatable bonds is 6. The number of ketones is 1. The molecular weight excluding hydrogens is 218 g/mol. The van der Waals surface area contributed by atoms with Crippen LogP contribution in [-0.4, -0.2) is 31.6 Å². The molecule has 2 rings (SSSR count). The highest BCUT2D eigenvalue weighted by molar-refractivity contribution is 5.83. The van der Waals surface area contributed by atoms with E-state index in [9.17, 15) is 4.79 Å². The maximum absolute atomic E-state index is 12.1. The molecule has 2 heterocycles. The van der Waals surface area contributed by atoms with Crippen molar-refractivity contribution in [2.45, 2.75) is 25.8 Å². The van der Waals surface area contributed by atoms with E-state index in [1.165, 1.54) is 0 Å². The van der Waals surface area contributed by atoms with Crippen LogP contribution in [0.15, 0.2) is 22.8 Å². The zero-order valence-electron chi connectivity index (χ0n) is 10.1. The monoisotopic (exact) mass is 237 g/mol. The SMILES string of the molecule is CCCNC1COCC1C(=O)Cc1ccco1. The summed E-state index contributed by atoms with van der Waals surface area (Å²) in [6.07, 6.45) is 3.03. The lowest BCUT2D eigenvalue weighted by molar-refractivity contribution is -0.122. The summed E-state index contributed by atoms with van der Waals surface area (Å²) in [4.78, 5) is 12.1. The summed E-state index contributed by atoms with van der Waals surface area (Å²) in [5.74, 6) is 0.897. The van der Waals surface area contributed by atoms with Gasteiger partial charge in [-0.1, -0.05) is 6.92 Å². The predicted molar refractivity (Wildman–Crippen MR) is 63.8 cm³/mol. The first kappa shape index (κ1) is 12.3. The van der Waals surface area contributed by atoms with E-state index in [0.29, 0.717) is 19.6 Å². The summed E-state index contributed by atoms with van der Waals surface area (Å²) in [6.45, 7) is 4.20. The van der Waals surface area contributed by atoms with E-state index in [0.717, 1.165) is 18.7 Å². The van der Waals surface area contributed by atoms with Gasteiger partial charge in [0.1, 0.15) is 11.5 Å². The highest BCUT2D eigenvalue weighted by Crippen LogP contribution is 2.17. The molecule has 1 fully saturated rings. The van der Waals surface area contributed by atoms with Crippen molar-refractivity contribution in [1.29, 1.82) is 0 Å². The van der Waals surface area contributed by atoms with E-state index in [1.54, 1.807) is 12.3 Å². The third-order valence-electron chi connectivity index (χ3n) is 3.08. The molecule has 94 valence electrons. The molecule has 17 heavy (non-hydrogen) atoms. The van der Waals surface area contributed by atoms with Crippen molar-refractivity contribution in [3.05, 3.63) is 24.2 Å². The molecule has 2 atom stereocenters. The summed E-state index contributed by atoms with van der Waals surface area (Å²) >= 11 is 0. The molecule has 1 aliphatic rings. The second-order valence-corrected chi connectivity index (χ2v) is 4.43. The van der Waals surface area contributed by atoms with Crippen molar-refractivity contribution < 1.29 is 13.9 Å². The van der Waals surface area contributed by atoms with E-state index in [2.05, 4.69) is 12.2 Å². The maximum atomic E-state index is 12.1. The normalized spacial score (nSPS) is 24.1. The molecule has 0 saturated carbocycles. The second kappa shape index (κ2) is 5.98. The summed E-state index contributed by atoms with van der Waals surface area (Å²) in [6, 6.07) is 3.81. The minimum Gasteiger partial charge on any atom is -0.469 e. The topological polar surface area (TPSA) is 51.5 Å². The van der Waals surface area contributed by atoms with Gasteiger partial charge in [-0.2, -0.15) is 0 Å². The average Bonchev–Trinajstić information content (AvgIpc) is 2.96. The van der Waals surface area contributed by atoms with E-state index in [4.69, 9.17) is 9.15 Å². The van der Waals surface area contributed by atoms with Crippen LogP contribution in [0.5, 0.6) is 0 Å². The molecule has 4 heteroatoms. The zero-order chi connectivity index (χ0) is 12.1. The number of hydrogen-bond acceptors (Lipinski definition) is 4. The summed E-state index contributed by atoms with van der Waals surface area (Å²) < 4.78 is 10.6. The van der Waals surface area contributed by atoms with Crippen molar-refractivity contribution in [2.24, 2.45) is 5.92 Å². The van der Waals surface area contributed by atoms with Crippen LogP contribution in [0.4, 0.5) is 0 Å². The van der Waals surface area contributed by atoms with Crippen LogP contribution in [0.3, 0.4) is 0 Å². The van der Waals surface area contributed by atoms with Crippen LogP contribution in [-0.2, 0) is 16.0 Å². The third kappa shape index (κ3) is 3.17. The van der Waals surface area contributed by atoms with Gasteiger partial charge in [0.15, 0.2) is 0 Å². The van der Waals surface area contributed by atoms with Gasteiger partial charge in [-0.3, -0.25) is 4.79 Å². The molecule has 4 nitrogen and oxygen atoms in total. The number of carbonyl (C=O) groups excluding carboxylic acids is 1. The summed E-state index contributed by atoms with van der Waals surface area (Å²) in [7, 11) is 0. The van der Waals surface area contributed by atoms with Gasteiger partial charge in [0.25, 0.3) is 0 Å². The van der Waals surface area contributed by atoms with E-state index >= 15 is 0 Å². The van der Waals surface area contributed by atoms with Crippen LogP contribution in [0, 0.1) is 5.92 Å². The molecule has 1 aliphatic heterocycles. The molecular formula is C13H19NO3. The Kier molecular flexibility index (Phi) is 4.34. The minimum absolute atomic E-state index is 0.0355. The van der Waals surface area contributed by atoms with E-state index < -0.39 is 0 Å². The number of ether oxygens (including phenoxy) is 1. The molecule has 0 bridgehead atoms. The first-order valence-corrected chi connectivity index (χ1v) is 6.17. The number of nitrogens with one attached hydrogen (secondary N) is 1. The number of Topliss-reactive ketones (excluding diaryl/α,β-unsaturated/α-hetero) is 1. The molecule has 0 radical (unpaired) electrons. The highest BCUT2D eigenvalue weighted by atomic mass is 16.5. The van der Waals surface area contributed by atoms with Gasteiger partial charge in [-0.05, 0) is 25.1 Å². The van der Waals surface area contributed by atoms with Gasteiger partial charge in [0.2, 0.25) is 0 Å². The molecule has 1 saturated heterocycles. The number of carbonyl (C=O) groups is 1. The van der Waals surface area contributed by atoms with Crippen LogP contribution >= 0.6 is 0 Å². The Morgan fingerprint density at radius 1 is 1.53 bits per heavy atom. The van der Waals surface area contributed by atoms with Crippen molar-refractivity contribution in [3.8, 4) is 0 Å². The smallest absolute Gasteiger partial charge is 0.147 e. The Balaban J connectivity index is 1.89. The fourth-order valence-corrected chi connectivity index (χ4v) is 2.12. The van der Waals surface area contributed by atoms with Crippen LogP contribution in [0.1, 0.15) is 19.1 Å². The predicted octanol–water partition coefficient (Wildman–Crippen LogP) is 1.41. The number of furan rings is 1. The molecule has 0 spiro atoms. The van der Waals surface area contributed by atoms with Gasteiger partial charge in [0, 0.05) is 6.04 Å². The Bertz CT molecular complexity index is 348. The largest absolute Gasteiger partial charge is 0.469 e. The van der Waals surface area contributed by atoms with Crippen LogP contribution < -0.4 is 5.32 Å². The third-order valence-corrected chi connectivity index (χ3v) is 3.08. The van der Waals surface area contributed by atoms with Gasteiger partial charge in [0.05, 0.1) is 31.8 Å². The lowest BCUT2D eigenvalue weighted by Gasteiger charge is -2.17. The first-order valence-electron chi connectivity index (χ1n) is 6.17. The lowest BCUT2D eigenvalue weighted by atomic mass is 9.95. The number of hydrogen-bond donors (Lipinski definition) is 1. The Morgan fingerprint density at radius 3 is 3.12 bits per heavy atom. The minimum atomic E-state index is -0.0355. The zero-order valence-corrected chi connectivity index (χ0v) is 10.1. The van der Waals surface area contributed by atoms with Crippen molar-refractivity contribution >= 4 is 5.78 Å². The Labute approximate surface area is 101 Å². The maximum Gasteiger partial charge on any atom is 0.147 e. The lowest BCUT2D eigenvalue weighted by Crippen LogP contribution is -2.40. The fraction of sp³-hybridized carbons (Fsp3) is 0.615. The van der Waals surface area contributed by atoms with Crippen molar-refractivity contribution in [2.75, 3.05) is 19.8 Å². The first-order chi connectivity index (χ1) is 8.31. The van der Waals surface area contributed by atoms with Gasteiger partial charge < -0.3 is 14.5 Å². The molecule has 2 unspecified atom stereocenters. The highest BCUT2D eigenvalue weighted by Gasteiger charge is 2.33. The molecule has 0 aliphatic carbocycles. The average molecular weight is 237 g/mol. The molecule has 0 amide bonds. The van der Waals surface area contributed by atoms with Gasteiger partial charge in [-0.15, -0.1) is 0 Å². The summed E-state index contributed by atoms with van der Waals surface area (Å²) in [5, 5.41) is 3.37.